The Balaban J connectivity index is 1.33. The van der Waals surface area contributed by atoms with E-state index in [9.17, 15) is 61.0 Å². The molecule has 3 fully saturated rings. The molecule has 19 heteroatoms. The molecule has 3 aliphatic heterocycles. The summed E-state index contributed by atoms with van der Waals surface area (Å²) in [4.78, 5) is 13.5. The molecule has 17 unspecified atom stereocenters. The van der Waals surface area contributed by atoms with Crippen LogP contribution in [0.15, 0.2) is 36.5 Å². The maximum atomic E-state index is 13.5. The van der Waals surface area contributed by atoms with Crippen molar-refractivity contribution in [1.29, 1.82) is 0 Å². The van der Waals surface area contributed by atoms with Crippen LogP contribution in [0.1, 0.15) is 399 Å². The second-order valence-corrected chi connectivity index (χ2v) is 32.8. The van der Waals surface area contributed by atoms with Gasteiger partial charge in [-0.3, -0.25) is 4.79 Å². The number of allylic oxidation sites excluding steroid dienone is 5. The van der Waals surface area contributed by atoms with Crippen LogP contribution < -0.4 is 5.32 Å². The fourth-order valence-corrected chi connectivity index (χ4v) is 15.6. The summed E-state index contributed by atoms with van der Waals surface area (Å²) in [6, 6.07) is -0.991. The van der Waals surface area contributed by atoms with Gasteiger partial charge < -0.3 is 89.9 Å². The number of carbonyl (C=O) groups is 1. The number of ether oxygens (including phenoxy) is 6. The minimum atomic E-state index is -1.98. The van der Waals surface area contributed by atoms with Crippen LogP contribution in [-0.4, -0.2) is 193 Å². The number of unbranched alkanes of at least 4 members (excludes halogenated alkanes) is 55. The van der Waals surface area contributed by atoms with Gasteiger partial charge >= 0.3 is 0 Å². The molecule has 0 saturated carbocycles. The lowest BCUT2D eigenvalue weighted by atomic mass is 9.96. The summed E-state index contributed by atoms with van der Waals surface area (Å²) in [7, 11) is 0. The first kappa shape index (κ1) is 101. The van der Waals surface area contributed by atoms with E-state index in [1.165, 1.54) is 327 Å². The number of hydrogen-bond donors (Lipinski definition) is 12. The summed E-state index contributed by atoms with van der Waals surface area (Å²) < 4.78 is 34.5. The Bertz CT molecular complexity index is 2100. The largest absolute Gasteiger partial charge is 0.394 e. The first-order valence-electron chi connectivity index (χ1n) is 45.7. The van der Waals surface area contributed by atoms with Crippen LogP contribution in [0.4, 0.5) is 0 Å². The third kappa shape index (κ3) is 49.0. The van der Waals surface area contributed by atoms with E-state index in [-0.39, 0.29) is 18.9 Å². The number of rotatable bonds is 75. The number of nitrogens with one attached hydrogen (secondary N) is 1. The van der Waals surface area contributed by atoms with Crippen molar-refractivity contribution in [3.63, 3.8) is 0 Å². The first-order valence-corrected chi connectivity index (χ1v) is 45.7. The summed E-state index contributed by atoms with van der Waals surface area (Å²) in [5, 5.41) is 121. The molecule has 17 atom stereocenters. The molecule has 3 aliphatic rings. The normalized spacial score (nSPS) is 25.4. The third-order valence-electron chi connectivity index (χ3n) is 22.9. The van der Waals surface area contributed by atoms with E-state index in [0.29, 0.717) is 12.8 Å². The minimum Gasteiger partial charge on any atom is -0.394 e. The Hall–Kier alpha value is -1.99. The average molecular weight is 1550 g/mol. The SMILES string of the molecule is CCCCCCCCCC/C=C\CCCCCCCCCCCCCCCCCCCCCCCC(=O)NC(COC1OC(CO)C(OC2OC(CO)C(OC3OC(CO)C(O)C(O)C3O)C(O)C2O)C(O)C1O)C(O)/C=C/CC/C=C/CCCCCCCCCCCCCCCCCCCCCCCCCCC. The Morgan fingerprint density at radius 1 is 0.321 bits per heavy atom. The summed E-state index contributed by atoms with van der Waals surface area (Å²) in [5.41, 5.74) is 0. The zero-order chi connectivity index (χ0) is 78.8. The highest BCUT2D eigenvalue weighted by Crippen LogP contribution is 2.34. The number of carbonyl (C=O) groups excluding carboxylic acids is 1. The fraction of sp³-hybridized carbons (Fsp3) is 0.922. The lowest BCUT2D eigenvalue weighted by molar-refractivity contribution is -0.379. The van der Waals surface area contributed by atoms with E-state index >= 15 is 0 Å². The van der Waals surface area contributed by atoms with Gasteiger partial charge in [-0.2, -0.15) is 0 Å². The topological polar surface area (TPSA) is 307 Å². The Labute approximate surface area is 663 Å². The van der Waals surface area contributed by atoms with Gasteiger partial charge in [0, 0.05) is 6.42 Å². The van der Waals surface area contributed by atoms with Gasteiger partial charge in [0.15, 0.2) is 18.9 Å². The van der Waals surface area contributed by atoms with Crippen molar-refractivity contribution < 1.29 is 89.4 Å². The number of amides is 1. The summed E-state index contributed by atoms with van der Waals surface area (Å²) in [6.07, 6.45) is 63.1. The molecular weight excluding hydrogens is 1380 g/mol. The van der Waals surface area contributed by atoms with Crippen LogP contribution in [0, 0.1) is 0 Å². The van der Waals surface area contributed by atoms with E-state index in [4.69, 9.17) is 28.4 Å². The molecule has 0 bridgehead atoms. The van der Waals surface area contributed by atoms with Crippen molar-refractivity contribution in [1.82, 2.24) is 5.32 Å². The quantitative estimate of drug-likeness (QED) is 0.0199. The summed E-state index contributed by atoms with van der Waals surface area (Å²) >= 11 is 0. The van der Waals surface area contributed by atoms with Gasteiger partial charge in [-0.1, -0.05) is 371 Å². The average Bonchev–Trinajstić information content (AvgIpc) is 0.782. The molecule has 3 rings (SSSR count). The monoisotopic (exact) mass is 1550 g/mol. The molecule has 0 aliphatic carbocycles. The van der Waals surface area contributed by atoms with Crippen molar-refractivity contribution in [2.45, 2.75) is 503 Å². The van der Waals surface area contributed by atoms with E-state index in [0.717, 1.165) is 38.5 Å². The van der Waals surface area contributed by atoms with Crippen LogP contribution in [0.2, 0.25) is 0 Å². The molecule has 0 spiro atoms. The molecule has 0 radical (unpaired) electrons. The van der Waals surface area contributed by atoms with E-state index in [1.54, 1.807) is 6.08 Å². The van der Waals surface area contributed by atoms with Crippen molar-refractivity contribution in [3.8, 4) is 0 Å². The van der Waals surface area contributed by atoms with Gasteiger partial charge in [-0.15, -0.1) is 0 Å². The van der Waals surface area contributed by atoms with Gasteiger partial charge in [0.2, 0.25) is 5.91 Å². The van der Waals surface area contributed by atoms with Gasteiger partial charge in [0.05, 0.1) is 38.6 Å². The predicted octanol–water partition coefficient (Wildman–Crippen LogP) is 17.4. The number of aliphatic hydroxyl groups is 11. The Kier molecular flexibility index (Phi) is 65.2. The van der Waals surface area contributed by atoms with Crippen LogP contribution in [0.5, 0.6) is 0 Å². The smallest absolute Gasteiger partial charge is 0.220 e. The van der Waals surface area contributed by atoms with Crippen LogP contribution in [0.25, 0.3) is 0 Å². The maximum absolute atomic E-state index is 13.5. The molecule has 0 aromatic carbocycles. The molecule has 3 heterocycles. The zero-order valence-corrected chi connectivity index (χ0v) is 69.3. The van der Waals surface area contributed by atoms with Crippen LogP contribution >= 0.6 is 0 Å². The van der Waals surface area contributed by atoms with E-state index in [1.807, 2.05) is 6.08 Å². The first-order chi connectivity index (χ1) is 53.3. The third-order valence-corrected chi connectivity index (χ3v) is 22.9. The highest BCUT2D eigenvalue weighted by atomic mass is 16.8. The molecular formula is C90H169NO18. The second-order valence-electron chi connectivity index (χ2n) is 32.8. The summed E-state index contributed by atoms with van der Waals surface area (Å²) in [6.45, 7) is 1.79. The summed E-state index contributed by atoms with van der Waals surface area (Å²) in [5.74, 6) is -0.277. The van der Waals surface area contributed by atoms with Crippen molar-refractivity contribution in [2.75, 3.05) is 26.4 Å². The predicted molar refractivity (Wildman–Crippen MR) is 439 cm³/mol. The van der Waals surface area contributed by atoms with Gasteiger partial charge in [0.25, 0.3) is 0 Å². The molecule has 642 valence electrons. The van der Waals surface area contributed by atoms with Gasteiger partial charge in [-0.05, 0) is 57.8 Å². The lowest BCUT2D eigenvalue weighted by Crippen LogP contribution is -2.66. The Morgan fingerprint density at radius 3 is 0.917 bits per heavy atom. The fourth-order valence-electron chi connectivity index (χ4n) is 15.6. The molecule has 1 amide bonds. The molecule has 0 aromatic rings. The molecule has 109 heavy (non-hydrogen) atoms. The van der Waals surface area contributed by atoms with Crippen molar-refractivity contribution in [3.05, 3.63) is 36.5 Å². The van der Waals surface area contributed by atoms with E-state index < -0.39 is 124 Å². The van der Waals surface area contributed by atoms with Crippen molar-refractivity contribution >= 4 is 5.91 Å². The highest BCUT2D eigenvalue weighted by Gasteiger charge is 2.54. The molecule has 3 saturated heterocycles. The Morgan fingerprint density at radius 2 is 0.587 bits per heavy atom. The van der Waals surface area contributed by atoms with E-state index in [2.05, 4.69) is 43.5 Å². The van der Waals surface area contributed by atoms with Gasteiger partial charge in [0.1, 0.15) is 73.2 Å². The standard InChI is InChI=1S/C90H169NO18/c1-3-5-7-9-11-13-15-17-19-21-23-25-27-29-31-33-35-36-38-40-42-44-46-48-50-52-54-56-58-60-62-64-66-68-78(96)91-73(74(95)67-65-63-61-59-57-55-53-51-49-47-45-43-41-39-37-34-32-30-28-26-24-22-20-18-16-14-12-10-8-6-4-2)72-104-88-84(102)81(99)86(76(70-93)106-88)109-90-85(103)82(100)87(77(71-94)107-90)108-89-83(101)80(98)79(97)75(69-92)105-89/h21,23,57,59,65,67,73-77,79-90,92-95,97-103H,3-20,22,24-56,58,60-64,66,68-72H2,1-2H3,(H,91,96)/b23-21-,59-57+,67-65+. The number of hydrogen-bond acceptors (Lipinski definition) is 18. The molecule has 0 aromatic heterocycles. The maximum Gasteiger partial charge on any atom is 0.220 e. The van der Waals surface area contributed by atoms with Crippen LogP contribution in [0.3, 0.4) is 0 Å². The minimum absolute atomic E-state index is 0.240. The lowest BCUT2D eigenvalue weighted by Gasteiger charge is -2.48. The highest BCUT2D eigenvalue weighted by molar-refractivity contribution is 5.76. The number of aliphatic hydroxyl groups excluding tert-OH is 11. The zero-order valence-electron chi connectivity index (χ0n) is 69.3. The molecule has 19 nitrogen and oxygen atoms in total. The van der Waals surface area contributed by atoms with Crippen LogP contribution in [-0.2, 0) is 33.2 Å². The second kappa shape index (κ2) is 70.2. The van der Waals surface area contributed by atoms with Gasteiger partial charge in [-0.25, -0.2) is 0 Å². The van der Waals surface area contributed by atoms with Crippen molar-refractivity contribution in [2.24, 2.45) is 0 Å². The molecule has 12 N–H and O–H groups in total.